The van der Waals surface area contributed by atoms with Crippen molar-refractivity contribution in [2.24, 2.45) is 10.9 Å². The third-order valence-corrected chi connectivity index (χ3v) is 5.56. The maximum absolute atomic E-state index is 9.72. The minimum atomic E-state index is -0.174. The number of pyridine rings is 1. The highest BCUT2D eigenvalue weighted by atomic mass is 127. The van der Waals surface area contributed by atoms with Gasteiger partial charge in [0.1, 0.15) is 6.10 Å². The summed E-state index contributed by atoms with van der Waals surface area (Å²) in [5, 5.41) is 13.1. The molecule has 1 aliphatic carbocycles. The molecule has 1 aromatic rings. The number of aliphatic hydroxyl groups is 1. The summed E-state index contributed by atoms with van der Waals surface area (Å²) in [6.07, 6.45) is 8.27. The lowest BCUT2D eigenvalue weighted by molar-refractivity contribution is 0.108. The number of guanidine groups is 1. The summed E-state index contributed by atoms with van der Waals surface area (Å²) >= 11 is 0. The SMILES string of the molecule is CCNC(=NCc1ccnc(OC2CCC(C)CC2)c1)N1CCC(O)CC1.I. The van der Waals surface area contributed by atoms with Crippen LogP contribution in [0.4, 0.5) is 0 Å². The minimum absolute atomic E-state index is 0. The molecule has 0 unspecified atom stereocenters. The first-order chi connectivity index (χ1) is 13.1. The molecule has 1 aromatic heterocycles. The largest absolute Gasteiger partial charge is 0.474 e. The fourth-order valence-electron chi connectivity index (χ4n) is 3.80. The zero-order valence-corrected chi connectivity index (χ0v) is 19.5. The summed E-state index contributed by atoms with van der Waals surface area (Å²) in [4.78, 5) is 11.4. The Morgan fingerprint density at radius 3 is 2.64 bits per heavy atom. The van der Waals surface area contributed by atoms with Crippen molar-refractivity contribution in [3.8, 4) is 5.88 Å². The molecule has 0 atom stereocenters. The Morgan fingerprint density at radius 1 is 1.25 bits per heavy atom. The molecular weight excluding hydrogens is 467 g/mol. The zero-order valence-electron chi connectivity index (χ0n) is 17.1. The average Bonchev–Trinajstić information content (AvgIpc) is 2.68. The Bertz CT molecular complexity index is 612. The van der Waals surface area contributed by atoms with E-state index in [1.807, 2.05) is 18.3 Å². The van der Waals surface area contributed by atoms with E-state index in [9.17, 15) is 5.11 Å². The number of nitrogens with one attached hydrogen (secondary N) is 1. The smallest absolute Gasteiger partial charge is 0.213 e. The molecule has 6 nitrogen and oxygen atoms in total. The van der Waals surface area contributed by atoms with Crippen LogP contribution in [0.2, 0.25) is 0 Å². The maximum Gasteiger partial charge on any atom is 0.213 e. The maximum atomic E-state index is 9.72. The van der Waals surface area contributed by atoms with E-state index in [1.165, 1.54) is 12.8 Å². The van der Waals surface area contributed by atoms with Crippen molar-refractivity contribution in [2.75, 3.05) is 19.6 Å². The quantitative estimate of drug-likeness (QED) is 0.366. The molecule has 158 valence electrons. The van der Waals surface area contributed by atoms with Gasteiger partial charge in [-0.15, -0.1) is 24.0 Å². The molecule has 0 amide bonds. The predicted octanol–water partition coefficient (Wildman–Crippen LogP) is 3.58. The monoisotopic (exact) mass is 502 g/mol. The van der Waals surface area contributed by atoms with Gasteiger partial charge in [0.25, 0.3) is 0 Å². The van der Waals surface area contributed by atoms with E-state index in [-0.39, 0.29) is 30.1 Å². The topological polar surface area (TPSA) is 70.0 Å². The van der Waals surface area contributed by atoms with Gasteiger partial charge < -0.3 is 20.1 Å². The van der Waals surface area contributed by atoms with E-state index in [0.717, 1.165) is 62.8 Å². The molecule has 28 heavy (non-hydrogen) atoms. The van der Waals surface area contributed by atoms with Gasteiger partial charge in [-0.2, -0.15) is 0 Å². The number of hydrogen-bond donors (Lipinski definition) is 2. The van der Waals surface area contributed by atoms with Crippen molar-refractivity contribution in [3.63, 3.8) is 0 Å². The van der Waals surface area contributed by atoms with Crippen molar-refractivity contribution in [3.05, 3.63) is 23.9 Å². The first-order valence-corrected chi connectivity index (χ1v) is 10.5. The van der Waals surface area contributed by atoms with Crippen LogP contribution in [0.5, 0.6) is 5.88 Å². The second-order valence-electron chi connectivity index (χ2n) is 7.89. The fraction of sp³-hybridized carbons (Fsp3) is 0.714. The number of hydrogen-bond acceptors (Lipinski definition) is 4. The number of ether oxygens (including phenoxy) is 1. The number of aromatic nitrogens is 1. The highest BCUT2D eigenvalue weighted by Gasteiger charge is 2.21. The molecule has 7 heteroatoms. The molecule has 0 aromatic carbocycles. The predicted molar refractivity (Wildman–Crippen MR) is 123 cm³/mol. The summed E-state index contributed by atoms with van der Waals surface area (Å²) in [7, 11) is 0. The number of halogens is 1. The Balaban J connectivity index is 0.00000280. The third kappa shape index (κ3) is 7.06. The Kier molecular flexibility index (Phi) is 9.77. The van der Waals surface area contributed by atoms with Crippen molar-refractivity contribution >= 4 is 29.9 Å². The lowest BCUT2D eigenvalue weighted by Crippen LogP contribution is -2.46. The first-order valence-electron chi connectivity index (χ1n) is 10.5. The van der Waals surface area contributed by atoms with Crippen LogP contribution in [-0.2, 0) is 6.54 Å². The number of nitrogens with zero attached hydrogens (tertiary/aromatic N) is 3. The molecule has 0 bridgehead atoms. The molecule has 0 radical (unpaired) electrons. The summed E-state index contributed by atoms with van der Waals surface area (Å²) in [6, 6.07) is 4.02. The Labute approximate surface area is 186 Å². The second kappa shape index (κ2) is 11.8. The van der Waals surface area contributed by atoms with Gasteiger partial charge in [-0.1, -0.05) is 6.92 Å². The van der Waals surface area contributed by atoms with E-state index in [1.54, 1.807) is 0 Å². The van der Waals surface area contributed by atoms with Crippen molar-refractivity contribution < 1.29 is 9.84 Å². The molecule has 3 rings (SSSR count). The van der Waals surface area contributed by atoms with Gasteiger partial charge in [0.2, 0.25) is 5.88 Å². The summed E-state index contributed by atoms with van der Waals surface area (Å²) in [5.74, 6) is 2.46. The van der Waals surface area contributed by atoms with E-state index in [4.69, 9.17) is 9.73 Å². The van der Waals surface area contributed by atoms with Crippen LogP contribution in [0, 0.1) is 5.92 Å². The van der Waals surface area contributed by atoms with Gasteiger partial charge >= 0.3 is 0 Å². The highest BCUT2D eigenvalue weighted by Crippen LogP contribution is 2.26. The van der Waals surface area contributed by atoms with Gasteiger partial charge in [-0.05, 0) is 63.0 Å². The van der Waals surface area contributed by atoms with E-state index >= 15 is 0 Å². The molecule has 1 saturated carbocycles. The van der Waals surface area contributed by atoms with Crippen LogP contribution in [0.25, 0.3) is 0 Å². The highest BCUT2D eigenvalue weighted by molar-refractivity contribution is 14.0. The van der Waals surface area contributed by atoms with E-state index in [0.29, 0.717) is 18.5 Å². The van der Waals surface area contributed by atoms with Gasteiger partial charge in [0.15, 0.2) is 5.96 Å². The van der Waals surface area contributed by atoms with Crippen LogP contribution >= 0.6 is 24.0 Å². The van der Waals surface area contributed by atoms with Gasteiger partial charge in [0, 0.05) is 31.9 Å². The number of aliphatic imine (C=N–C) groups is 1. The molecule has 0 spiro atoms. The van der Waals surface area contributed by atoms with Gasteiger partial charge in [0.05, 0.1) is 12.6 Å². The fourth-order valence-corrected chi connectivity index (χ4v) is 3.80. The molecular formula is C21H35IN4O2. The van der Waals surface area contributed by atoms with Crippen LogP contribution in [-0.4, -0.2) is 52.8 Å². The third-order valence-electron chi connectivity index (χ3n) is 5.56. The normalized spacial score (nSPS) is 23.8. The van der Waals surface area contributed by atoms with Crippen LogP contribution in [0.1, 0.15) is 57.9 Å². The molecule has 1 saturated heterocycles. The second-order valence-corrected chi connectivity index (χ2v) is 7.89. The van der Waals surface area contributed by atoms with E-state index < -0.39 is 0 Å². The van der Waals surface area contributed by atoms with Gasteiger partial charge in [-0.25, -0.2) is 9.98 Å². The van der Waals surface area contributed by atoms with Crippen molar-refractivity contribution in [1.82, 2.24) is 15.2 Å². The van der Waals surface area contributed by atoms with Gasteiger partial charge in [-0.3, -0.25) is 0 Å². The number of piperidine rings is 1. The number of rotatable bonds is 5. The molecule has 2 aliphatic rings. The molecule has 2 N–H and O–H groups in total. The van der Waals surface area contributed by atoms with Crippen LogP contribution in [0.15, 0.2) is 23.3 Å². The number of likely N-dealkylation sites (tertiary alicyclic amines) is 1. The lowest BCUT2D eigenvalue weighted by Gasteiger charge is -2.32. The molecule has 2 heterocycles. The molecule has 2 fully saturated rings. The number of aliphatic hydroxyl groups excluding tert-OH is 1. The average molecular weight is 502 g/mol. The molecule has 1 aliphatic heterocycles. The summed E-state index contributed by atoms with van der Waals surface area (Å²) in [6.45, 7) is 7.52. The standard InChI is InChI=1S/C21H34N4O2.HI/c1-3-22-21(25-12-9-18(26)10-13-25)24-15-17-8-11-23-20(14-17)27-19-6-4-16(2)5-7-19;/h8,11,14,16,18-19,26H,3-7,9-10,12-13,15H2,1-2H3,(H,22,24);1H. The zero-order chi connectivity index (χ0) is 19.1. The van der Waals surface area contributed by atoms with Crippen molar-refractivity contribution in [2.45, 2.75) is 71.1 Å². The van der Waals surface area contributed by atoms with Crippen LogP contribution in [0.3, 0.4) is 0 Å². The Morgan fingerprint density at radius 2 is 1.96 bits per heavy atom. The summed E-state index contributed by atoms with van der Waals surface area (Å²) in [5.41, 5.74) is 1.11. The van der Waals surface area contributed by atoms with Crippen molar-refractivity contribution in [1.29, 1.82) is 0 Å². The summed E-state index contributed by atoms with van der Waals surface area (Å²) < 4.78 is 6.11. The Hall–Kier alpha value is -1.09. The van der Waals surface area contributed by atoms with E-state index in [2.05, 4.69) is 29.0 Å². The lowest BCUT2D eigenvalue weighted by atomic mass is 9.89. The van der Waals surface area contributed by atoms with Crippen LogP contribution < -0.4 is 10.1 Å². The minimum Gasteiger partial charge on any atom is -0.474 e. The first kappa shape index (κ1) is 23.2.